The molecule has 0 bridgehead atoms. The molecule has 0 fully saturated rings. The van der Waals surface area contributed by atoms with Crippen LogP contribution in [0, 0.1) is 39.0 Å². The highest BCUT2D eigenvalue weighted by atomic mass is 16.4. The first-order valence-electron chi connectivity index (χ1n) is 11.1. The van der Waals surface area contributed by atoms with Crippen LogP contribution in [0.2, 0.25) is 0 Å². The van der Waals surface area contributed by atoms with E-state index in [1.807, 2.05) is 50.5 Å². The lowest BCUT2D eigenvalue weighted by Gasteiger charge is -2.27. The Bertz CT molecular complexity index is 1400. The van der Waals surface area contributed by atoms with Crippen LogP contribution in [0.5, 0.6) is 0 Å². The first kappa shape index (κ1) is 23.7. The molecule has 0 aliphatic rings. The van der Waals surface area contributed by atoms with E-state index in [0.717, 1.165) is 22.5 Å². The molecule has 0 saturated carbocycles. The van der Waals surface area contributed by atoms with Crippen molar-refractivity contribution in [1.29, 1.82) is 5.26 Å². The van der Waals surface area contributed by atoms with Crippen molar-refractivity contribution >= 4 is 12.1 Å². The number of aromatic nitrogens is 1. The number of carbonyl (C=O) groups is 1. The minimum absolute atomic E-state index is 0.435. The first-order chi connectivity index (χ1) is 16.8. The van der Waals surface area contributed by atoms with Gasteiger partial charge in [0.25, 0.3) is 5.91 Å². The Kier molecular flexibility index (Phi) is 6.41. The lowest BCUT2D eigenvalue weighted by atomic mass is 9.85. The largest absolute Gasteiger partial charge is 0.443 e. The number of hydrogen-bond acceptors (Lipinski definition) is 5. The second kappa shape index (κ2) is 9.45. The molecule has 7 heteroatoms. The average Bonchev–Trinajstić information content (AvgIpc) is 3.32. The maximum absolute atomic E-state index is 13.2. The molecule has 4 rings (SSSR count). The molecule has 0 aliphatic carbocycles. The number of aliphatic hydroxyl groups is 1. The molecular formula is C28H26N4O3. The fraction of sp³-hybridized carbons (Fsp3) is 0.179. The molecule has 0 atom stereocenters. The van der Waals surface area contributed by atoms with E-state index in [1.165, 1.54) is 6.21 Å². The summed E-state index contributed by atoms with van der Waals surface area (Å²) in [5.74, 6) is 0.473. The molecule has 2 aromatic carbocycles. The standard InChI is InChI=1S/C28H26N4O3/c1-18-15-22(20(3)32(18)26-25(16-29)19(2)21(4)35-26)17-30-31-27(33)28(34,23-11-7-5-8-12-23)24-13-9-6-10-14-24/h5-15,17,34H,1-4H3,(H,31,33). The number of amides is 1. The van der Waals surface area contributed by atoms with Gasteiger partial charge in [0, 0.05) is 22.5 Å². The number of rotatable bonds is 6. The van der Waals surface area contributed by atoms with E-state index in [9.17, 15) is 15.2 Å². The van der Waals surface area contributed by atoms with Crippen LogP contribution in [0.1, 0.15) is 45.0 Å². The minimum Gasteiger partial charge on any atom is -0.443 e. The van der Waals surface area contributed by atoms with Crippen molar-refractivity contribution in [2.24, 2.45) is 5.10 Å². The Morgan fingerprint density at radius 3 is 2.17 bits per heavy atom. The predicted octanol–water partition coefficient (Wildman–Crippen LogP) is 4.56. The fourth-order valence-electron chi connectivity index (χ4n) is 4.16. The van der Waals surface area contributed by atoms with Crippen LogP contribution in [0.25, 0.3) is 5.88 Å². The first-order valence-corrected chi connectivity index (χ1v) is 11.1. The highest BCUT2D eigenvalue weighted by Crippen LogP contribution is 2.30. The molecule has 1 amide bonds. The number of benzene rings is 2. The molecule has 0 aliphatic heterocycles. The molecule has 0 radical (unpaired) electrons. The summed E-state index contributed by atoms with van der Waals surface area (Å²) in [6, 6.07) is 21.6. The monoisotopic (exact) mass is 466 g/mol. The van der Waals surface area contributed by atoms with E-state index in [2.05, 4.69) is 16.6 Å². The summed E-state index contributed by atoms with van der Waals surface area (Å²) in [6.07, 6.45) is 1.52. The van der Waals surface area contributed by atoms with Gasteiger partial charge in [0.15, 0.2) is 5.60 Å². The molecule has 0 unspecified atom stereocenters. The summed E-state index contributed by atoms with van der Waals surface area (Å²) in [7, 11) is 0. The second-order valence-electron chi connectivity index (χ2n) is 8.38. The highest BCUT2D eigenvalue weighted by molar-refractivity contribution is 5.91. The molecule has 0 spiro atoms. The van der Waals surface area contributed by atoms with Crippen LogP contribution in [0.15, 0.2) is 76.2 Å². The quantitative estimate of drug-likeness (QED) is 0.321. The molecule has 35 heavy (non-hydrogen) atoms. The van der Waals surface area contributed by atoms with E-state index in [0.29, 0.717) is 28.3 Å². The van der Waals surface area contributed by atoms with Gasteiger partial charge in [0.2, 0.25) is 5.88 Å². The van der Waals surface area contributed by atoms with E-state index in [1.54, 1.807) is 48.5 Å². The van der Waals surface area contributed by atoms with Crippen LogP contribution < -0.4 is 5.43 Å². The van der Waals surface area contributed by atoms with Crippen LogP contribution in [0.4, 0.5) is 0 Å². The third-order valence-corrected chi connectivity index (χ3v) is 6.23. The molecule has 0 saturated heterocycles. The predicted molar refractivity (Wildman–Crippen MR) is 133 cm³/mol. The van der Waals surface area contributed by atoms with Gasteiger partial charge in [-0.25, -0.2) is 5.43 Å². The Morgan fingerprint density at radius 1 is 1.06 bits per heavy atom. The number of aryl methyl sites for hydroxylation is 2. The molecular weight excluding hydrogens is 440 g/mol. The third-order valence-electron chi connectivity index (χ3n) is 6.23. The normalized spacial score (nSPS) is 11.5. The third kappa shape index (κ3) is 4.16. The van der Waals surface area contributed by atoms with Gasteiger partial charge in [0.05, 0.1) is 6.21 Å². The van der Waals surface area contributed by atoms with E-state index in [4.69, 9.17) is 4.42 Å². The molecule has 176 valence electrons. The molecule has 2 aromatic heterocycles. The maximum atomic E-state index is 13.2. The Morgan fingerprint density at radius 2 is 1.63 bits per heavy atom. The van der Waals surface area contributed by atoms with Crippen molar-refractivity contribution in [2.75, 3.05) is 0 Å². The smallest absolute Gasteiger partial charge is 0.281 e. The van der Waals surface area contributed by atoms with Gasteiger partial charge in [-0.05, 0) is 44.9 Å². The number of nitrogens with zero attached hydrogens (tertiary/aromatic N) is 3. The SMILES string of the molecule is Cc1oc(-n2c(C)cc(C=NNC(=O)C(O)(c3ccccc3)c3ccccc3)c2C)c(C#N)c1C. The summed E-state index contributed by atoms with van der Waals surface area (Å²) in [4.78, 5) is 13.2. The number of nitriles is 1. The second-order valence-corrected chi connectivity index (χ2v) is 8.38. The average molecular weight is 467 g/mol. The van der Waals surface area contributed by atoms with Crippen LogP contribution >= 0.6 is 0 Å². The molecule has 7 nitrogen and oxygen atoms in total. The highest BCUT2D eigenvalue weighted by Gasteiger charge is 2.39. The summed E-state index contributed by atoms with van der Waals surface area (Å²) >= 11 is 0. The topological polar surface area (TPSA) is 104 Å². The van der Waals surface area contributed by atoms with Crippen molar-refractivity contribution in [2.45, 2.75) is 33.3 Å². The van der Waals surface area contributed by atoms with Crippen molar-refractivity contribution in [3.63, 3.8) is 0 Å². The van der Waals surface area contributed by atoms with Crippen molar-refractivity contribution in [1.82, 2.24) is 9.99 Å². The van der Waals surface area contributed by atoms with E-state index < -0.39 is 11.5 Å². The van der Waals surface area contributed by atoms with Crippen molar-refractivity contribution in [3.05, 3.63) is 112 Å². The summed E-state index contributed by atoms with van der Waals surface area (Å²) in [6.45, 7) is 7.47. The zero-order valence-electron chi connectivity index (χ0n) is 20.0. The van der Waals surface area contributed by atoms with Crippen LogP contribution in [0.3, 0.4) is 0 Å². The lowest BCUT2D eigenvalue weighted by Crippen LogP contribution is -2.43. The molecule has 2 heterocycles. The number of hydrazone groups is 1. The van der Waals surface area contributed by atoms with Crippen LogP contribution in [-0.2, 0) is 10.4 Å². The Hall–Kier alpha value is -4.41. The minimum atomic E-state index is -1.92. The maximum Gasteiger partial charge on any atom is 0.281 e. The van der Waals surface area contributed by atoms with Gasteiger partial charge in [-0.2, -0.15) is 10.4 Å². The summed E-state index contributed by atoms with van der Waals surface area (Å²) < 4.78 is 7.73. The van der Waals surface area contributed by atoms with Gasteiger partial charge >= 0.3 is 0 Å². The van der Waals surface area contributed by atoms with Crippen molar-refractivity contribution < 1.29 is 14.3 Å². The van der Waals surface area contributed by atoms with Gasteiger partial charge in [0.1, 0.15) is 17.4 Å². The number of nitrogens with one attached hydrogen (secondary N) is 1. The summed E-state index contributed by atoms with van der Waals surface area (Å²) in [5, 5.41) is 25.3. The Labute approximate surface area is 203 Å². The number of carbonyl (C=O) groups excluding carboxylic acids is 1. The van der Waals surface area contributed by atoms with Gasteiger partial charge in [-0.15, -0.1) is 0 Å². The van der Waals surface area contributed by atoms with Gasteiger partial charge in [-0.1, -0.05) is 60.7 Å². The zero-order valence-corrected chi connectivity index (χ0v) is 20.0. The van der Waals surface area contributed by atoms with Gasteiger partial charge in [-0.3, -0.25) is 9.36 Å². The molecule has 2 N–H and O–H groups in total. The van der Waals surface area contributed by atoms with Crippen LogP contribution in [-0.4, -0.2) is 21.8 Å². The van der Waals surface area contributed by atoms with Gasteiger partial charge < -0.3 is 9.52 Å². The lowest BCUT2D eigenvalue weighted by molar-refractivity contribution is -0.136. The molecule has 4 aromatic rings. The number of hydrogen-bond donors (Lipinski definition) is 2. The zero-order chi connectivity index (χ0) is 25.2. The summed E-state index contributed by atoms with van der Waals surface area (Å²) in [5.41, 5.74) is 5.13. The van der Waals surface area contributed by atoms with Crippen molar-refractivity contribution in [3.8, 4) is 12.0 Å². The Balaban J connectivity index is 1.64. The van der Waals surface area contributed by atoms with E-state index >= 15 is 0 Å². The number of furan rings is 1. The van der Waals surface area contributed by atoms with E-state index in [-0.39, 0.29) is 0 Å². The fourth-order valence-corrected chi connectivity index (χ4v) is 4.16.